The Kier molecular flexibility index (Phi) is 5.22. The molecule has 2 N–H and O–H groups in total. The number of para-hydroxylation sites is 2. The van der Waals surface area contributed by atoms with E-state index in [0.29, 0.717) is 15.9 Å². The van der Waals surface area contributed by atoms with Crippen molar-refractivity contribution in [3.63, 3.8) is 0 Å². The first-order valence-electron chi connectivity index (χ1n) is 7.53. The summed E-state index contributed by atoms with van der Waals surface area (Å²) < 4.78 is 31.0. The van der Waals surface area contributed by atoms with Crippen molar-refractivity contribution >= 4 is 34.3 Å². The summed E-state index contributed by atoms with van der Waals surface area (Å²) in [7, 11) is 1.20. The fraction of sp³-hybridized carbons (Fsp3) is 0.111. The van der Waals surface area contributed by atoms with Gasteiger partial charge in [-0.05, 0) is 30.3 Å². The smallest absolute Gasteiger partial charge is 0.345 e. The second-order valence-corrected chi connectivity index (χ2v) is 6.33. The Hall–Kier alpha value is -2.87. The molecule has 1 heterocycles. The van der Waals surface area contributed by atoms with E-state index in [0.717, 1.165) is 23.9 Å². The number of aliphatic hydroxyl groups is 1. The molecule has 0 fully saturated rings. The lowest BCUT2D eigenvalue weighted by molar-refractivity contribution is -0.133. The number of nitrogens with zero attached hydrogens (tertiary/aromatic N) is 1. The molecule has 0 saturated heterocycles. The van der Waals surface area contributed by atoms with E-state index in [1.54, 1.807) is 18.2 Å². The number of imidazole rings is 1. The van der Waals surface area contributed by atoms with Crippen molar-refractivity contribution in [3.8, 4) is 0 Å². The van der Waals surface area contributed by atoms with Gasteiger partial charge in [0.2, 0.25) is 0 Å². The van der Waals surface area contributed by atoms with Crippen LogP contribution in [0.3, 0.4) is 0 Å². The van der Waals surface area contributed by atoms with Crippen LogP contribution in [0.15, 0.2) is 53.1 Å². The van der Waals surface area contributed by atoms with Gasteiger partial charge in [0.15, 0.2) is 11.6 Å². The molecule has 0 atom stereocenters. The number of fused-ring (bicyclic) bond motifs is 1. The predicted octanol–water partition coefficient (Wildman–Crippen LogP) is 4.08. The van der Waals surface area contributed by atoms with Gasteiger partial charge >= 0.3 is 5.97 Å². The van der Waals surface area contributed by atoms with E-state index in [4.69, 9.17) is 4.74 Å². The third-order valence-corrected chi connectivity index (χ3v) is 4.58. The highest BCUT2D eigenvalue weighted by Gasteiger charge is 2.22. The molecule has 0 bridgehead atoms. The number of benzene rings is 2. The van der Waals surface area contributed by atoms with Crippen LogP contribution in [0.25, 0.3) is 16.6 Å². The van der Waals surface area contributed by atoms with Gasteiger partial charge in [0, 0.05) is 4.90 Å². The summed E-state index contributed by atoms with van der Waals surface area (Å²) in [6, 6.07) is 10.6. The summed E-state index contributed by atoms with van der Waals surface area (Å²) in [5, 5.41) is 10.4. The molecule has 0 unspecified atom stereocenters. The van der Waals surface area contributed by atoms with E-state index in [1.807, 2.05) is 6.07 Å². The molecule has 26 heavy (non-hydrogen) atoms. The minimum atomic E-state index is -0.982. The summed E-state index contributed by atoms with van der Waals surface area (Å²) in [6.07, 6.45) is 0. The molecule has 0 aliphatic heterocycles. The van der Waals surface area contributed by atoms with Crippen LogP contribution < -0.4 is 0 Å². The van der Waals surface area contributed by atoms with Crippen molar-refractivity contribution in [2.24, 2.45) is 0 Å². The number of H-pyrrole nitrogens is 1. The topological polar surface area (TPSA) is 75.2 Å². The number of nitrogens with one attached hydrogen (secondary N) is 1. The lowest BCUT2D eigenvalue weighted by atomic mass is 10.2. The number of aromatic nitrogens is 2. The standard InChI is InChI=1S/C18H14F2N2O3S/c1-25-18(24)16(17-21-13-4-2-3-5-14(13)22-17)15(23)9-26-10-6-7-11(19)12(20)8-10/h2-8,23H,9H2,1H3,(H,21,22)/b16-15-. The molecule has 0 spiro atoms. The molecular weight excluding hydrogens is 362 g/mol. The lowest BCUT2D eigenvalue weighted by Crippen LogP contribution is -2.09. The van der Waals surface area contributed by atoms with Gasteiger partial charge in [-0.3, -0.25) is 0 Å². The van der Waals surface area contributed by atoms with Crippen LogP contribution in [0, 0.1) is 11.6 Å². The molecule has 0 radical (unpaired) electrons. The number of carbonyl (C=O) groups is 1. The highest BCUT2D eigenvalue weighted by molar-refractivity contribution is 7.99. The third kappa shape index (κ3) is 3.70. The second kappa shape index (κ2) is 7.57. The van der Waals surface area contributed by atoms with E-state index in [2.05, 4.69) is 9.97 Å². The van der Waals surface area contributed by atoms with Crippen LogP contribution in [0.5, 0.6) is 0 Å². The first-order valence-corrected chi connectivity index (χ1v) is 8.51. The van der Waals surface area contributed by atoms with Crippen molar-refractivity contribution < 1.29 is 23.4 Å². The van der Waals surface area contributed by atoms with Crippen LogP contribution >= 0.6 is 11.8 Å². The van der Waals surface area contributed by atoms with Crippen molar-refractivity contribution in [2.45, 2.75) is 4.90 Å². The Morgan fingerprint density at radius 3 is 2.69 bits per heavy atom. The number of rotatable bonds is 5. The Morgan fingerprint density at radius 1 is 1.23 bits per heavy atom. The molecule has 3 aromatic rings. The van der Waals surface area contributed by atoms with Gasteiger partial charge in [-0.2, -0.15) is 0 Å². The van der Waals surface area contributed by atoms with Crippen molar-refractivity contribution in [1.29, 1.82) is 0 Å². The number of carbonyl (C=O) groups excluding carboxylic acids is 1. The minimum Gasteiger partial charge on any atom is -0.510 e. The fourth-order valence-corrected chi connectivity index (χ4v) is 3.11. The van der Waals surface area contributed by atoms with Crippen LogP contribution in [-0.2, 0) is 9.53 Å². The Bertz CT molecular complexity index is 968. The molecule has 2 aromatic carbocycles. The van der Waals surface area contributed by atoms with Gasteiger partial charge in [0.05, 0.1) is 23.9 Å². The van der Waals surface area contributed by atoms with Gasteiger partial charge in [-0.25, -0.2) is 18.6 Å². The molecule has 5 nitrogen and oxygen atoms in total. The Balaban J connectivity index is 1.92. The summed E-state index contributed by atoms with van der Waals surface area (Å²) in [4.78, 5) is 19.8. The average Bonchev–Trinajstić information content (AvgIpc) is 3.06. The molecule has 8 heteroatoms. The molecule has 0 aliphatic rings. The molecule has 0 saturated carbocycles. The second-order valence-electron chi connectivity index (χ2n) is 5.28. The van der Waals surface area contributed by atoms with Gasteiger partial charge in [0.25, 0.3) is 0 Å². The number of halogens is 2. The zero-order valence-electron chi connectivity index (χ0n) is 13.6. The van der Waals surface area contributed by atoms with Crippen molar-refractivity contribution in [1.82, 2.24) is 9.97 Å². The monoisotopic (exact) mass is 376 g/mol. The summed E-state index contributed by atoms with van der Waals surface area (Å²) in [5.41, 5.74) is 1.22. The SMILES string of the molecule is COC(=O)/C(=C(\O)CSc1ccc(F)c(F)c1)c1nc2ccccc2[nH]1. The summed E-state index contributed by atoms with van der Waals surface area (Å²) in [6.45, 7) is 0. The van der Waals surface area contributed by atoms with E-state index >= 15 is 0 Å². The zero-order chi connectivity index (χ0) is 18.7. The summed E-state index contributed by atoms with van der Waals surface area (Å²) in [5.74, 6) is -2.86. The normalized spacial score (nSPS) is 12.1. The molecular formula is C18H14F2N2O3S. The van der Waals surface area contributed by atoms with Crippen LogP contribution in [0.1, 0.15) is 5.82 Å². The van der Waals surface area contributed by atoms with Gasteiger partial charge in [0.1, 0.15) is 17.2 Å². The number of methoxy groups -OCH3 is 1. The maximum absolute atomic E-state index is 13.3. The summed E-state index contributed by atoms with van der Waals surface area (Å²) >= 11 is 1.05. The van der Waals surface area contributed by atoms with Gasteiger partial charge < -0.3 is 14.8 Å². The zero-order valence-corrected chi connectivity index (χ0v) is 14.4. The molecule has 0 aliphatic carbocycles. The van der Waals surface area contributed by atoms with E-state index in [-0.39, 0.29) is 22.9 Å². The van der Waals surface area contributed by atoms with Crippen LogP contribution in [-0.4, -0.2) is 33.9 Å². The number of esters is 1. The number of hydrogen-bond acceptors (Lipinski definition) is 5. The number of thioether (sulfide) groups is 1. The molecule has 0 amide bonds. The first kappa shape index (κ1) is 17.9. The van der Waals surface area contributed by atoms with Crippen molar-refractivity contribution in [3.05, 3.63) is 65.7 Å². The average molecular weight is 376 g/mol. The number of aliphatic hydroxyl groups excluding tert-OH is 1. The number of aromatic amines is 1. The van der Waals surface area contributed by atoms with E-state index in [1.165, 1.54) is 13.2 Å². The quantitative estimate of drug-likeness (QED) is 0.304. The fourth-order valence-electron chi connectivity index (χ4n) is 2.31. The molecule has 134 valence electrons. The largest absolute Gasteiger partial charge is 0.510 e. The number of hydrogen-bond donors (Lipinski definition) is 2. The predicted molar refractivity (Wildman–Crippen MR) is 94.7 cm³/mol. The third-order valence-electron chi connectivity index (χ3n) is 3.57. The van der Waals surface area contributed by atoms with Crippen molar-refractivity contribution in [2.75, 3.05) is 12.9 Å². The van der Waals surface area contributed by atoms with Gasteiger partial charge in [-0.1, -0.05) is 12.1 Å². The maximum atomic E-state index is 13.3. The highest BCUT2D eigenvalue weighted by Crippen LogP contribution is 2.26. The number of ether oxygens (including phenoxy) is 1. The Labute approximate surface area is 151 Å². The molecule has 3 rings (SSSR count). The van der Waals surface area contributed by atoms with Crippen LogP contribution in [0.2, 0.25) is 0 Å². The minimum absolute atomic E-state index is 0.0491. The van der Waals surface area contributed by atoms with E-state index < -0.39 is 17.6 Å². The maximum Gasteiger partial charge on any atom is 0.345 e. The molecule has 1 aromatic heterocycles. The highest BCUT2D eigenvalue weighted by atomic mass is 32.2. The van der Waals surface area contributed by atoms with Crippen LogP contribution in [0.4, 0.5) is 8.78 Å². The Morgan fingerprint density at radius 2 is 2.00 bits per heavy atom. The van der Waals surface area contributed by atoms with Gasteiger partial charge in [-0.15, -0.1) is 11.8 Å². The first-order chi connectivity index (χ1) is 12.5. The lowest BCUT2D eigenvalue weighted by Gasteiger charge is -2.07. The van der Waals surface area contributed by atoms with E-state index in [9.17, 15) is 18.7 Å².